The first-order valence-corrected chi connectivity index (χ1v) is 5.51. The van der Waals surface area contributed by atoms with Crippen molar-refractivity contribution < 1.29 is 9.53 Å². The molecule has 1 atom stereocenters. The Kier molecular flexibility index (Phi) is 4.33. The SMILES string of the molecule is COC(=O)C(C)=CCN(C)C(C)C1CC1. The van der Waals surface area contributed by atoms with Crippen molar-refractivity contribution in [2.45, 2.75) is 32.7 Å². The molecule has 1 rings (SSSR count). The molecule has 0 heterocycles. The monoisotopic (exact) mass is 211 g/mol. The van der Waals surface area contributed by atoms with E-state index in [2.05, 4.69) is 23.6 Å². The van der Waals surface area contributed by atoms with Crippen LogP contribution in [0.1, 0.15) is 26.7 Å². The molecule has 3 heteroatoms. The van der Waals surface area contributed by atoms with E-state index in [4.69, 9.17) is 0 Å². The topological polar surface area (TPSA) is 29.5 Å². The third-order valence-electron chi connectivity index (χ3n) is 3.19. The van der Waals surface area contributed by atoms with Gasteiger partial charge in [-0.2, -0.15) is 0 Å². The summed E-state index contributed by atoms with van der Waals surface area (Å²) in [5.74, 6) is 0.629. The van der Waals surface area contributed by atoms with Crippen molar-refractivity contribution in [3.63, 3.8) is 0 Å². The Morgan fingerprint density at radius 3 is 2.67 bits per heavy atom. The molecule has 0 bridgehead atoms. The number of likely N-dealkylation sites (N-methyl/N-ethyl adjacent to an activating group) is 1. The van der Waals surface area contributed by atoms with Gasteiger partial charge in [0.05, 0.1) is 7.11 Å². The van der Waals surface area contributed by atoms with E-state index in [1.54, 1.807) is 6.92 Å². The Balaban J connectivity index is 2.37. The number of hydrogen-bond donors (Lipinski definition) is 0. The summed E-state index contributed by atoms with van der Waals surface area (Å²) in [5, 5.41) is 0. The van der Waals surface area contributed by atoms with Crippen molar-refractivity contribution in [3.05, 3.63) is 11.6 Å². The van der Waals surface area contributed by atoms with E-state index in [9.17, 15) is 4.79 Å². The van der Waals surface area contributed by atoms with E-state index in [1.807, 2.05) is 6.08 Å². The van der Waals surface area contributed by atoms with Crippen LogP contribution in [0.25, 0.3) is 0 Å². The zero-order valence-electron chi connectivity index (χ0n) is 10.1. The fourth-order valence-electron chi connectivity index (χ4n) is 1.63. The van der Waals surface area contributed by atoms with Gasteiger partial charge in [-0.1, -0.05) is 6.08 Å². The van der Waals surface area contributed by atoms with E-state index in [0.717, 1.165) is 12.5 Å². The number of esters is 1. The smallest absolute Gasteiger partial charge is 0.333 e. The van der Waals surface area contributed by atoms with Crippen LogP contribution in [-0.2, 0) is 9.53 Å². The predicted octanol–water partition coefficient (Wildman–Crippen LogP) is 1.84. The van der Waals surface area contributed by atoms with Crippen LogP contribution in [0.5, 0.6) is 0 Å². The van der Waals surface area contributed by atoms with Crippen LogP contribution in [0.3, 0.4) is 0 Å². The summed E-state index contributed by atoms with van der Waals surface area (Å²) < 4.78 is 4.64. The van der Waals surface area contributed by atoms with E-state index in [-0.39, 0.29) is 5.97 Å². The largest absolute Gasteiger partial charge is 0.466 e. The van der Waals surface area contributed by atoms with Crippen molar-refractivity contribution in [1.29, 1.82) is 0 Å². The van der Waals surface area contributed by atoms with Crippen molar-refractivity contribution in [2.24, 2.45) is 5.92 Å². The maximum Gasteiger partial charge on any atom is 0.333 e. The van der Waals surface area contributed by atoms with Crippen LogP contribution < -0.4 is 0 Å². The Hall–Kier alpha value is -0.830. The molecule has 0 aromatic carbocycles. The van der Waals surface area contributed by atoms with E-state index < -0.39 is 0 Å². The van der Waals surface area contributed by atoms with Gasteiger partial charge >= 0.3 is 5.97 Å². The molecule has 1 aliphatic rings. The zero-order valence-corrected chi connectivity index (χ0v) is 10.1. The number of carbonyl (C=O) groups excluding carboxylic acids is 1. The molecule has 1 aliphatic carbocycles. The minimum Gasteiger partial charge on any atom is -0.466 e. The number of carbonyl (C=O) groups is 1. The second kappa shape index (κ2) is 5.31. The molecule has 0 amide bonds. The highest BCUT2D eigenvalue weighted by molar-refractivity contribution is 5.87. The Bertz CT molecular complexity index is 256. The van der Waals surface area contributed by atoms with Crippen LogP contribution in [0.4, 0.5) is 0 Å². The quantitative estimate of drug-likeness (QED) is 0.513. The highest BCUT2D eigenvalue weighted by atomic mass is 16.5. The lowest BCUT2D eigenvalue weighted by Crippen LogP contribution is -2.31. The van der Waals surface area contributed by atoms with Crippen molar-refractivity contribution in [1.82, 2.24) is 4.90 Å². The third-order valence-corrected chi connectivity index (χ3v) is 3.19. The molecule has 0 aliphatic heterocycles. The maximum absolute atomic E-state index is 11.1. The molecule has 0 saturated heterocycles. The number of rotatable bonds is 5. The summed E-state index contributed by atoms with van der Waals surface area (Å²) in [4.78, 5) is 13.4. The highest BCUT2D eigenvalue weighted by Crippen LogP contribution is 2.34. The predicted molar refractivity (Wildman–Crippen MR) is 60.6 cm³/mol. The lowest BCUT2D eigenvalue weighted by atomic mass is 10.2. The van der Waals surface area contributed by atoms with Gasteiger partial charge < -0.3 is 4.74 Å². The van der Waals surface area contributed by atoms with Crippen LogP contribution >= 0.6 is 0 Å². The summed E-state index contributed by atoms with van der Waals surface area (Å²) >= 11 is 0. The van der Waals surface area contributed by atoms with Crippen LogP contribution in [0, 0.1) is 5.92 Å². The third kappa shape index (κ3) is 3.67. The molecular weight excluding hydrogens is 190 g/mol. The molecule has 1 saturated carbocycles. The van der Waals surface area contributed by atoms with E-state index in [1.165, 1.54) is 20.0 Å². The molecule has 0 N–H and O–H groups in total. The molecule has 0 aromatic heterocycles. The summed E-state index contributed by atoms with van der Waals surface area (Å²) in [7, 11) is 3.51. The molecule has 0 radical (unpaired) electrons. The van der Waals surface area contributed by atoms with Crippen molar-refractivity contribution in [3.8, 4) is 0 Å². The zero-order chi connectivity index (χ0) is 11.4. The van der Waals surface area contributed by atoms with Crippen molar-refractivity contribution >= 4 is 5.97 Å². The first-order chi connectivity index (χ1) is 7.06. The second-order valence-corrected chi connectivity index (χ2v) is 4.40. The van der Waals surface area contributed by atoms with E-state index >= 15 is 0 Å². The maximum atomic E-state index is 11.1. The van der Waals surface area contributed by atoms with Gasteiger partial charge in [0.15, 0.2) is 0 Å². The molecule has 3 nitrogen and oxygen atoms in total. The van der Waals surface area contributed by atoms with Gasteiger partial charge in [-0.05, 0) is 39.7 Å². The minimum atomic E-state index is -0.234. The number of ether oxygens (including phenoxy) is 1. The summed E-state index contributed by atoms with van der Waals surface area (Å²) in [6, 6.07) is 0.617. The standard InChI is InChI=1S/C12H21NO2/c1-9(12(14)15-4)7-8-13(3)10(2)11-5-6-11/h7,10-11H,5-6,8H2,1-4H3. The Morgan fingerprint density at radius 2 is 2.20 bits per heavy atom. The van der Waals surface area contributed by atoms with Gasteiger partial charge in [-0.15, -0.1) is 0 Å². The average molecular weight is 211 g/mol. The van der Waals surface area contributed by atoms with Crippen molar-refractivity contribution in [2.75, 3.05) is 20.7 Å². The van der Waals surface area contributed by atoms with Gasteiger partial charge in [-0.3, -0.25) is 4.90 Å². The van der Waals surface area contributed by atoms with Crippen LogP contribution in [-0.4, -0.2) is 37.6 Å². The molecule has 1 fully saturated rings. The molecule has 0 aromatic rings. The first kappa shape index (κ1) is 12.2. The molecule has 1 unspecified atom stereocenters. The first-order valence-electron chi connectivity index (χ1n) is 5.51. The van der Waals surface area contributed by atoms with Gasteiger partial charge in [0.2, 0.25) is 0 Å². The van der Waals surface area contributed by atoms with Gasteiger partial charge in [0.1, 0.15) is 0 Å². The lowest BCUT2D eigenvalue weighted by Gasteiger charge is -2.23. The summed E-state index contributed by atoms with van der Waals surface area (Å²) in [6.07, 6.45) is 4.64. The lowest BCUT2D eigenvalue weighted by molar-refractivity contribution is -0.136. The number of hydrogen-bond acceptors (Lipinski definition) is 3. The number of methoxy groups -OCH3 is 1. The summed E-state index contributed by atoms with van der Waals surface area (Å²) in [5.41, 5.74) is 0.687. The average Bonchev–Trinajstić information content (AvgIpc) is 3.06. The summed E-state index contributed by atoms with van der Waals surface area (Å²) in [6.45, 7) is 4.86. The molecular formula is C12H21NO2. The Morgan fingerprint density at radius 1 is 1.60 bits per heavy atom. The molecule has 0 spiro atoms. The van der Waals surface area contributed by atoms with Crippen LogP contribution in [0.15, 0.2) is 11.6 Å². The van der Waals surface area contributed by atoms with Gasteiger partial charge in [0, 0.05) is 18.2 Å². The second-order valence-electron chi connectivity index (χ2n) is 4.40. The molecule has 15 heavy (non-hydrogen) atoms. The minimum absolute atomic E-state index is 0.234. The van der Waals surface area contributed by atoms with Gasteiger partial charge in [0.25, 0.3) is 0 Å². The van der Waals surface area contributed by atoms with Crippen LogP contribution in [0.2, 0.25) is 0 Å². The van der Waals surface area contributed by atoms with E-state index in [0.29, 0.717) is 11.6 Å². The fraction of sp³-hybridized carbons (Fsp3) is 0.750. The normalized spacial score (nSPS) is 19.1. The number of nitrogens with zero attached hydrogens (tertiary/aromatic N) is 1. The fourth-order valence-corrected chi connectivity index (χ4v) is 1.63. The van der Waals surface area contributed by atoms with Gasteiger partial charge in [-0.25, -0.2) is 4.79 Å². The highest BCUT2D eigenvalue weighted by Gasteiger charge is 2.29. The molecule has 86 valence electrons. The Labute approximate surface area is 92.1 Å².